The van der Waals surface area contributed by atoms with E-state index >= 15 is 0 Å². The van der Waals surface area contributed by atoms with Crippen LogP contribution < -0.4 is 10.6 Å². The van der Waals surface area contributed by atoms with Crippen molar-refractivity contribution in [3.05, 3.63) is 54.6 Å². The third-order valence-electron chi connectivity index (χ3n) is 4.46. The summed E-state index contributed by atoms with van der Waals surface area (Å²) in [6.45, 7) is 2.07. The van der Waals surface area contributed by atoms with Gasteiger partial charge in [0.2, 0.25) is 5.91 Å². The summed E-state index contributed by atoms with van der Waals surface area (Å²) in [6, 6.07) is 17.9. The highest BCUT2D eigenvalue weighted by atomic mass is 16.2. The number of nitrogens with one attached hydrogen (secondary N) is 2. The molecule has 0 bridgehead atoms. The molecule has 3 heteroatoms. The second kappa shape index (κ2) is 6.22. The highest BCUT2D eigenvalue weighted by Crippen LogP contribution is 2.38. The molecule has 114 valence electrons. The smallest absolute Gasteiger partial charge is 0.230 e. The Kier molecular flexibility index (Phi) is 4.14. The number of rotatable bonds is 4. The van der Waals surface area contributed by atoms with Crippen LogP contribution in [0.1, 0.15) is 32.6 Å². The summed E-state index contributed by atoms with van der Waals surface area (Å²) >= 11 is 0. The van der Waals surface area contributed by atoms with Gasteiger partial charge in [-0.15, -0.1) is 0 Å². The minimum absolute atomic E-state index is 0.147. The van der Waals surface area contributed by atoms with Gasteiger partial charge in [0, 0.05) is 22.5 Å². The Morgan fingerprint density at radius 1 is 0.864 bits per heavy atom. The van der Waals surface area contributed by atoms with Gasteiger partial charge in [-0.1, -0.05) is 38.0 Å². The lowest BCUT2D eigenvalue weighted by Crippen LogP contribution is -2.30. The number of amides is 1. The van der Waals surface area contributed by atoms with Crippen molar-refractivity contribution in [3.63, 3.8) is 0 Å². The zero-order valence-electron chi connectivity index (χ0n) is 12.9. The highest BCUT2D eigenvalue weighted by molar-refractivity contribution is 5.95. The molecular formula is C19H22N2O. The van der Waals surface area contributed by atoms with E-state index in [4.69, 9.17) is 0 Å². The molecule has 0 radical (unpaired) electrons. The van der Waals surface area contributed by atoms with Crippen LogP contribution in [0.2, 0.25) is 0 Å². The van der Waals surface area contributed by atoms with Gasteiger partial charge in [-0.3, -0.25) is 4.79 Å². The molecule has 0 heterocycles. The fraction of sp³-hybridized carbons (Fsp3) is 0.316. The topological polar surface area (TPSA) is 41.1 Å². The molecule has 2 aromatic carbocycles. The first-order valence-electron chi connectivity index (χ1n) is 7.89. The standard InChI is InChI=1S/C19H22N2O/c1-19(13-5-6-14-19)18(22)21-17-11-9-16(10-12-17)20-15-7-3-2-4-8-15/h2-4,7-12,20H,5-6,13-14H2,1H3,(H,21,22). The number of hydrogen-bond acceptors (Lipinski definition) is 2. The normalized spacial score (nSPS) is 16.2. The van der Waals surface area contributed by atoms with E-state index in [1.807, 2.05) is 54.6 Å². The van der Waals surface area contributed by atoms with Crippen molar-refractivity contribution in [2.45, 2.75) is 32.6 Å². The van der Waals surface area contributed by atoms with Crippen molar-refractivity contribution in [1.82, 2.24) is 0 Å². The van der Waals surface area contributed by atoms with Crippen LogP contribution in [0.25, 0.3) is 0 Å². The Morgan fingerprint density at radius 3 is 2.05 bits per heavy atom. The quantitative estimate of drug-likeness (QED) is 0.837. The largest absolute Gasteiger partial charge is 0.356 e. The molecule has 0 saturated heterocycles. The average molecular weight is 294 g/mol. The number of anilines is 3. The monoisotopic (exact) mass is 294 g/mol. The molecule has 0 atom stereocenters. The Labute approximate surface area is 131 Å². The lowest BCUT2D eigenvalue weighted by molar-refractivity contribution is -0.124. The maximum atomic E-state index is 12.4. The van der Waals surface area contributed by atoms with Crippen LogP contribution >= 0.6 is 0 Å². The zero-order valence-corrected chi connectivity index (χ0v) is 12.9. The minimum Gasteiger partial charge on any atom is -0.356 e. The first-order valence-corrected chi connectivity index (χ1v) is 7.89. The molecule has 22 heavy (non-hydrogen) atoms. The molecule has 0 aromatic heterocycles. The average Bonchev–Trinajstić information content (AvgIpc) is 2.98. The van der Waals surface area contributed by atoms with Crippen molar-refractivity contribution >= 4 is 23.0 Å². The summed E-state index contributed by atoms with van der Waals surface area (Å²) in [4.78, 5) is 12.4. The summed E-state index contributed by atoms with van der Waals surface area (Å²) in [5, 5.41) is 6.38. The number of hydrogen-bond donors (Lipinski definition) is 2. The summed E-state index contributed by atoms with van der Waals surface area (Å²) in [6.07, 6.45) is 4.30. The summed E-state index contributed by atoms with van der Waals surface area (Å²) in [7, 11) is 0. The van der Waals surface area contributed by atoms with Crippen molar-refractivity contribution in [2.75, 3.05) is 10.6 Å². The first kappa shape index (κ1) is 14.6. The van der Waals surface area contributed by atoms with Crippen LogP contribution in [0.3, 0.4) is 0 Å². The van der Waals surface area contributed by atoms with E-state index in [2.05, 4.69) is 17.6 Å². The van der Waals surface area contributed by atoms with Gasteiger partial charge in [0.15, 0.2) is 0 Å². The van der Waals surface area contributed by atoms with Crippen molar-refractivity contribution in [2.24, 2.45) is 5.41 Å². The lowest BCUT2D eigenvalue weighted by Gasteiger charge is -2.22. The molecule has 3 rings (SSSR count). The summed E-state index contributed by atoms with van der Waals surface area (Å²) < 4.78 is 0. The van der Waals surface area contributed by atoms with Gasteiger partial charge in [0.25, 0.3) is 0 Å². The first-order chi connectivity index (χ1) is 10.7. The Hall–Kier alpha value is -2.29. The summed E-state index contributed by atoms with van der Waals surface area (Å²) in [5.41, 5.74) is 2.73. The van der Waals surface area contributed by atoms with E-state index in [9.17, 15) is 4.79 Å². The zero-order chi connectivity index (χ0) is 15.4. The van der Waals surface area contributed by atoms with E-state index < -0.39 is 0 Å². The molecule has 1 fully saturated rings. The second-order valence-electron chi connectivity index (χ2n) is 6.29. The van der Waals surface area contributed by atoms with Gasteiger partial charge < -0.3 is 10.6 Å². The predicted octanol–water partition coefficient (Wildman–Crippen LogP) is 4.95. The van der Waals surface area contributed by atoms with Gasteiger partial charge in [-0.25, -0.2) is 0 Å². The van der Waals surface area contributed by atoms with Crippen LogP contribution in [-0.4, -0.2) is 5.91 Å². The minimum atomic E-state index is -0.193. The number of para-hydroxylation sites is 1. The fourth-order valence-corrected chi connectivity index (χ4v) is 2.99. The predicted molar refractivity (Wildman–Crippen MR) is 91.4 cm³/mol. The third kappa shape index (κ3) is 3.30. The molecule has 1 aliphatic carbocycles. The molecule has 2 N–H and O–H groups in total. The van der Waals surface area contributed by atoms with Gasteiger partial charge in [0.05, 0.1) is 0 Å². The lowest BCUT2D eigenvalue weighted by atomic mass is 9.88. The Balaban J connectivity index is 1.63. The van der Waals surface area contributed by atoms with Gasteiger partial charge in [-0.2, -0.15) is 0 Å². The molecule has 1 saturated carbocycles. The molecule has 0 spiro atoms. The van der Waals surface area contributed by atoms with Crippen molar-refractivity contribution < 1.29 is 4.79 Å². The fourth-order valence-electron chi connectivity index (χ4n) is 2.99. The van der Waals surface area contributed by atoms with E-state index in [0.717, 1.165) is 42.7 Å². The van der Waals surface area contributed by atoms with Crippen LogP contribution in [0.15, 0.2) is 54.6 Å². The SMILES string of the molecule is CC1(C(=O)Nc2ccc(Nc3ccccc3)cc2)CCCC1. The van der Waals surface area contributed by atoms with Crippen LogP contribution in [0.5, 0.6) is 0 Å². The molecular weight excluding hydrogens is 272 g/mol. The summed E-state index contributed by atoms with van der Waals surface area (Å²) in [5.74, 6) is 0.147. The number of benzene rings is 2. The molecule has 3 nitrogen and oxygen atoms in total. The van der Waals surface area contributed by atoms with Crippen LogP contribution in [0, 0.1) is 5.41 Å². The van der Waals surface area contributed by atoms with Gasteiger partial charge in [0.1, 0.15) is 0 Å². The van der Waals surface area contributed by atoms with Crippen molar-refractivity contribution in [3.8, 4) is 0 Å². The molecule has 1 amide bonds. The molecule has 0 aliphatic heterocycles. The van der Waals surface area contributed by atoms with E-state index in [0.29, 0.717) is 0 Å². The number of carbonyl (C=O) groups is 1. The maximum absolute atomic E-state index is 12.4. The van der Waals surface area contributed by atoms with E-state index in [1.54, 1.807) is 0 Å². The van der Waals surface area contributed by atoms with E-state index in [1.165, 1.54) is 0 Å². The van der Waals surface area contributed by atoms with Gasteiger partial charge >= 0.3 is 0 Å². The van der Waals surface area contributed by atoms with Crippen LogP contribution in [-0.2, 0) is 4.79 Å². The van der Waals surface area contributed by atoms with Gasteiger partial charge in [-0.05, 0) is 49.2 Å². The van der Waals surface area contributed by atoms with E-state index in [-0.39, 0.29) is 11.3 Å². The third-order valence-corrected chi connectivity index (χ3v) is 4.46. The Morgan fingerprint density at radius 2 is 1.41 bits per heavy atom. The van der Waals surface area contributed by atoms with Crippen molar-refractivity contribution in [1.29, 1.82) is 0 Å². The molecule has 1 aliphatic rings. The molecule has 0 unspecified atom stereocenters. The second-order valence-corrected chi connectivity index (χ2v) is 6.29. The molecule has 2 aromatic rings. The maximum Gasteiger partial charge on any atom is 0.230 e. The van der Waals surface area contributed by atoms with Crippen LogP contribution in [0.4, 0.5) is 17.1 Å². The highest BCUT2D eigenvalue weighted by Gasteiger charge is 2.36. The number of carbonyl (C=O) groups excluding carboxylic acids is 1. The Bertz CT molecular complexity index is 628.